The van der Waals surface area contributed by atoms with Gasteiger partial charge in [-0.15, -0.1) is 24.0 Å². The lowest BCUT2D eigenvalue weighted by atomic mass is 9.99. The first kappa shape index (κ1) is 23.5. The lowest BCUT2D eigenvalue weighted by Gasteiger charge is -2.32. The van der Waals surface area contributed by atoms with Crippen molar-refractivity contribution in [2.75, 3.05) is 31.1 Å². The number of halogens is 1. The van der Waals surface area contributed by atoms with Crippen LogP contribution in [0.5, 0.6) is 0 Å². The third-order valence-electron chi connectivity index (χ3n) is 5.26. The number of aromatic nitrogens is 2. The van der Waals surface area contributed by atoms with Gasteiger partial charge in [0.15, 0.2) is 5.96 Å². The van der Waals surface area contributed by atoms with E-state index in [1.54, 1.807) is 0 Å². The molecule has 0 saturated carbocycles. The highest BCUT2D eigenvalue weighted by Gasteiger charge is 2.15. The molecule has 1 aliphatic heterocycles. The van der Waals surface area contributed by atoms with E-state index in [9.17, 15) is 0 Å². The van der Waals surface area contributed by atoms with Gasteiger partial charge in [0, 0.05) is 50.8 Å². The van der Waals surface area contributed by atoms with Gasteiger partial charge in [-0.05, 0) is 55.9 Å². The van der Waals surface area contributed by atoms with E-state index < -0.39 is 0 Å². The third kappa shape index (κ3) is 7.87. The predicted octanol–water partition coefficient (Wildman–Crippen LogP) is 3.88. The molecule has 6 nitrogen and oxygen atoms in total. The fraction of sp³-hybridized carbons (Fsp3) is 0.545. The number of hydrogen-bond acceptors (Lipinski definition) is 3. The number of benzene rings is 1. The number of piperidine rings is 1. The van der Waals surface area contributed by atoms with Crippen molar-refractivity contribution in [3.05, 3.63) is 48.3 Å². The summed E-state index contributed by atoms with van der Waals surface area (Å²) in [5.41, 5.74) is 2.58. The van der Waals surface area contributed by atoms with Crippen LogP contribution < -0.4 is 15.5 Å². The molecule has 2 heterocycles. The molecular formula is C22H35IN6. The summed E-state index contributed by atoms with van der Waals surface area (Å²) in [5, 5.41) is 11.0. The van der Waals surface area contributed by atoms with Crippen molar-refractivity contribution in [2.45, 2.75) is 46.2 Å². The Balaban J connectivity index is 0.00000300. The molecule has 0 aliphatic carbocycles. The Kier molecular flexibility index (Phi) is 10.3. The van der Waals surface area contributed by atoms with Gasteiger partial charge < -0.3 is 15.5 Å². The first-order valence-electron chi connectivity index (χ1n) is 10.6. The quantitative estimate of drug-likeness (QED) is 0.245. The summed E-state index contributed by atoms with van der Waals surface area (Å²) < 4.78 is 1.95. The van der Waals surface area contributed by atoms with Gasteiger partial charge >= 0.3 is 0 Å². The molecule has 160 valence electrons. The largest absolute Gasteiger partial charge is 0.372 e. The SMILES string of the molecule is CCNC(=NCc1ccc(N2CCC(C)CC2)cc1)NCCCn1cccn1.I. The molecule has 1 aliphatic rings. The van der Waals surface area contributed by atoms with Gasteiger partial charge in [0.1, 0.15) is 0 Å². The normalized spacial score (nSPS) is 15.1. The molecule has 29 heavy (non-hydrogen) atoms. The van der Waals surface area contributed by atoms with Crippen LogP contribution in [-0.4, -0.2) is 41.9 Å². The topological polar surface area (TPSA) is 57.5 Å². The van der Waals surface area contributed by atoms with E-state index in [-0.39, 0.29) is 24.0 Å². The second-order valence-electron chi connectivity index (χ2n) is 7.58. The Morgan fingerprint density at radius 2 is 1.93 bits per heavy atom. The van der Waals surface area contributed by atoms with Crippen molar-refractivity contribution in [3.8, 4) is 0 Å². The minimum absolute atomic E-state index is 0. The molecular weight excluding hydrogens is 475 g/mol. The monoisotopic (exact) mass is 510 g/mol. The fourth-order valence-corrected chi connectivity index (χ4v) is 3.47. The molecule has 7 heteroatoms. The summed E-state index contributed by atoms with van der Waals surface area (Å²) in [5.74, 6) is 1.73. The van der Waals surface area contributed by atoms with Gasteiger partial charge in [0.2, 0.25) is 0 Å². The Morgan fingerprint density at radius 1 is 1.17 bits per heavy atom. The third-order valence-corrected chi connectivity index (χ3v) is 5.26. The van der Waals surface area contributed by atoms with E-state index in [0.717, 1.165) is 37.9 Å². The summed E-state index contributed by atoms with van der Waals surface area (Å²) in [6.07, 6.45) is 7.41. The molecule has 2 N–H and O–H groups in total. The van der Waals surface area contributed by atoms with Crippen LogP contribution in [0.1, 0.15) is 38.7 Å². The Morgan fingerprint density at radius 3 is 2.59 bits per heavy atom. The average Bonchev–Trinajstić information content (AvgIpc) is 3.24. The standard InChI is InChI=1S/C22H34N6.HI/c1-3-23-22(24-12-4-14-28-15-5-13-26-28)25-18-20-6-8-21(9-7-20)27-16-10-19(2)11-17-27;/h5-9,13,15,19H,3-4,10-12,14,16-18H2,1-2H3,(H2,23,24,25);1H. The van der Waals surface area contributed by atoms with Crippen molar-refractivity contribution in [3.63, 3.8) is 0 Å². The van der Waals surface area contributed by atoms with Gasteiger partial charge in [0.05, 0.1) is 6.54 Å². The molecule has 0 amide bonds. The molecule has 3 rings (SSSR count). The second kappa shape index (κ2) is 12.7. The number of nitrogens with one attached hydrogen (secondary N) is 2. The van der Waals surface area contributed by atoms with E-state index in [4.69, 9.17) is 4.99 Å². The van der Waals surface area contributed by atoms with Crippen molar-refractivity contribution in [1.29, 1.82) is 0 Å². The predicted molar refractivity (Wildman–Crippen MR) is 132 cm³/mol. The second-order valence-corrected chi connectivity index (χ2v) is 7.58. The minimum Gasteiger partial charge on any atom is -0.372 e. The van der Waals surface area contributed by atoms with Crippen LogP contribution in [0, 0.1) is 5.92 Å². The zero-order valence-corrected chi connectivity index (χ0v) is 20.0. The Hall–Kier alpha value is -1.77. The maximum Gasteiger partial charge on any atom is 0.191 e. The van der Waals surface area contributed by atoms with E-state index in [0.29, 0.717) is 6.54 Å². The molecule has 0 bridgehead atoms. The summed E-state index contributed by atoms with van der Waals surface area (Å²) in [7, 11) is 0. The molecule has 0 unspecified atom stereocenters. The fourth-order valence-electron chi connectivity index (χ4n) is 3.47. The van der Waals surface area contributed by atoms with Gasteiger partial charge in [-0.1, -0.05) is 19.1 Å². The highest BCUT2D eigenvalue weighted by Crippen LogP contribution is 2.23. The first-order chi connectivity index (χ1) is 13.7. The molecule has 1 aromatic heterocycles. The van der Waals surface area contributed by atoms with Crippen LogP contribution in [-0.2, 0) is 13.1 Å². The highest BCUT2D eigenvalue weighted by molar-refractivity contribution is 14.0. The molecule has 1 saturated heterocycles. The molecule has 0 atom stereocenters. The van der Waals surface area contributed by atoms with E-state index in [2.05, 4.69) is 58.7 Å². The number of rotatable bonds is 8. The van der Waals surface area contributed by atoms with Crippen LogP contribution in [0.25, 0.3) is 0 Å². The number of guanidine groups is 1. The lowest BCUT2D eigenvalue weighted by Crippen LogP contribution is -2.38. The highest BCUT2D eigenvalue weighted by atomic mass is 127. The van der Waals surface area contributed by atoms with Crippen LogP contribution >= 0.6 is 24.0 Å². The van der Waals surface area contributed by atoms with Crippen molar-refractivity contribution in [2.24, 2.45) is 10.9 Å². The maximum absolute atomic E-state index is 4.73. The summed E-state index contributed by atoms with van der Waals surface area (Å²) >= 11 is 0. The molecule has 1 fully saturated rings. The number of aryl methyl sites for hydroxylation is 1. The summed E-state index contributed by atoms with van der Waals surface area (Å²) in [6, 6.07) is 10.9. The van der Waals surface area contributed by atoms with Crippen LogP contribution in [0.3, 0.4) is 0 Å². The lowest BCUT2D eigenvalue weighted by molar-refractivity contribution is 0.438. The zero-order valence-electron chi connectivity index (χ0n) is 17.7. The molecule has 2 aromatic rings. The van der Waals surface area contributed by atoms with Crippen LogP contribution in [0.2, 0.25) is 0 Å². The smallest absolute Gasteiger partial charge is 0.191 e. The van der Waals surface area contributed by atoms with Crippen molar-refractivity contribution in [1.82, 2.24) is 20.4 Å². The van der Waals surface area contributed by atoms with E-state index >= 15 is 0 Å². The van der Waals surface area contributed by atoms with E-state index in [1.807, 2.05) is 23.1 Å². The van der Waals surface area contributed by atoms with E-state index in [1.165, 1.54) is 37.2 Å². The van der Waals surface area contributed by atoms with Gasteiger partial charge in [-0.3, -0.25) is 4.68 Å². The van der Waals surface area contributed by atoms with Crippen LogP contribution in [0.15, 0.2) is 47.7 Å². The number of aliphatic imine (C=N–C) groups is 1. The Labute approximate surface area is 192 Å². The zero-order chi connectivity index (χ0) is 19.6. The molecule has 1 aromatic carbocycles. The number of nitrogens with zero attached hydrogens (tertiary/aromatic N) is 4. The minimum atomic E-state index is 0. The van der Waals surface area contributed by atoms with Gasteiger partial charge in [-0.2, -0.15) is 5.10 Å². The summed E-state index contributed by atoms with van der Waals surface area (Å²) in [6.45, 7) is 10.1. The first-order valence-corrected chi connectivity index (χ1v) is 10.6. The number of anilines is 1. The average molecular weight is 510 g/mol. The summed E-state index contributed by atoms with van der Waals surface area (Å²) in [4.78, 5) is 7.23. The van der Waals surface area contributed by atoms with Gasteiger partial charge in [0.25, 0.3) is 0 Å². The maximum atomic E-state index is 4.73. The molecule has 0 radical (unpaired) electrons. The van der Waals surface area contributed by atoms with Crippen molar-refractivity contribution < 1.29 is 0 Å². The Bertz CT molecular complexity index is 705. The van der Waals surface area contributed by atoms with Crippen LogP contribution in [0.4, 0.5) is 5.69 Å². The number of hydrogen-bond donors (Lipinski definition) is 2. The van der Waals surface area contributed by atoms with Crippen molar-refractivity contribution >= 4 is 35.6 Å². The van der Waals surface area contributed by atoms with Gasteiger partial charge in [-0.25, -0.2) is 4.99 Å². The molecule has 0 spiro atoms.